The molecule has 2 aromatic carbocycles. The van der Waals surface area contributed by atoms with E-state index in [0.717, 1.165) is 34.3 Å². The lowest BCUT2D eigenvalue weighted by Crippen LogP contribution is -2.39. The Morgan fingerprint density at radius 1 is 1.04 bits per heavy atom. The third kappa shape index (κ3) is 4.39. The van der Waals surface area contributed by atoms with Crippen molar-refractivity contribution >= 4 is 28.8 Å². The van der Waals surface area contributed by atoms with E-state index in [9.17, 15) is 4.79 Å². The maximum absolute atomic E-state index is 12.3. The van der Waals surface area contributed by atoms with Crippen LogP contribution >= 0.6 is 11.8 Å². The summed E-state index contributed by atoms with van der Waals surface area (Å²) in [5.41, 5.74) is 1.98. The van der Waals surface area contributed by atoms with Gasteiger partial charge in [0.15, 0.2) is 0 Å². The van der Waals surface area contributed by atoms with Gasteiger partial charge < -0.3 is 9.64 Å². The van der Waals surface area contributed by atoms with Crippen LogP contribution in [0, 0.1) is 0 Å². The van der Waals surface area contributed by atoms with E-state index < -0.39 is 0 Å². The minimum Gasteiger partial charge on any atom is -0.445 e. The zero-order valence-corrected chi connectivity index (χ0v) is 15.8. The van der Waals surface area contributed by atoms with Gasteiger partial charge in [-0.25, -0.2) is 14.8 Å². The lowest BCUT2D eigenvalue weighted by atomic mass is 10.1. The summed E-state index contributed by atoms with van der Waals surface area (Å²) >= 11 is 1.79. The van der Waals surface area contributed by atoms with Gasteiger partial charge in [0.2, 0.25) is 0 Å². The molecule has 0 saturated carbocycles. The molecule has 1 fully saturated rings. The van der Waals surface area contributed by atoms with Crippen LogP contribution < -0.4 is 0 Å². The van der Waals surface area contributed by atoms with Crippen molar-refractivity contribution in [2.75, 3.05) is 13.1 Å². The molecule has 1 aliphatic rings. The van der Waals surface area contributed by atoms with Gasteiger partial charge in [0.05, 0.1) is 5.52 Å². The standard InChI is InChI=1S/C21H21N3O2S/c25-21(26-14-16-6-2-1-3-7-16)24-12-10-17(11-13-24)27-20-18-8-4-5-9-19(18)22-15-23-20/h1-9,15,17H,10-14H2. The molecule has 0 N–H and O–H groups in total. The summed E-state index contributed by atoms with van der Waals surface area (Å²) in [5.74, 6) is 0. The molecule has 2 heterocycles. The van der Waals surface area contributed by atoms with Gasteiger partial charge in [-0.15, -0.1) is 11.8 Å². The van der Waals surface area contributed by atoms with Crippen LogP contribution in [0.15, 0.2) is 66.0 Å². The maximum atomic E-state index is 12.3. The largest absolute Gasteiger partial charge is 0.445 e. The van der Waals surface area contributed by atoms with E-state index in [4.69, 9.17) is 4.74 Å². The average molecular weight is 379 g/mol. The van der Waals surface area contributed by atoms with Crippen molar-refractivity contribution in [3.05, 3.63) is 66.5 Å². The Morgan fingerprint density at radius 2 is 1.78 bits per heavy atom. The van der Waals surface area contributed by atoms with Crippen LogP contribution in [0.3, 0.4) is 0 Å². The number of benzene rings is 2. The summed E-state index contributed by atoms with van der Waals surface area (Å²) in [6.07, 6.45) is 3.27. The summed E-state index contributed by atoms with van der Waals surface area (Å²) in [7, 11) is 0. The fourth-order valence-corrected chi connectivity index (χ4v) is 4.37. The predicted octanol–water partition coefficient (Wildman–Crippen LogP) is 4.52. The van der Waals surface area contributed by atoms with Gasteiger partial charge in [0, 0.05) is 23.7 Å². The SMILES string of the molecule is O=C(OCc1ccccc1)N1CCC(Sc2ncnc3ccccc23)CC1. The minimum atomic E-state index is -0.227. The number of rotatable bonds is 4. The molecule has 0 radical (unpaired) electrons. The van der Waals surface area contributed by atoms with Crippen molar-refractivity contribution < 1.29 is 9.53 Å². The first-order valence-electron chi connectivity index (χ1n) is 9.11. The third-order valence-corrected chi connectivity index (χ3v) is 6.04. The van der Waals surface area contributed by atoms with Gasteiger partial charge in [-0.1, -0.05) is 48.5 Å². The highest BCUT2D eigenvalue weighted by atomic mass is 32.2. The molecule has 3 aromatic rings. The molecule has 1 aromatic heterocycles. The number of piperidine rings is 1. The van der Waals surface area contributed by atoms with Crippen LogP contribution in [0.2, 0.25) is 0 Å². The first kappa shape index (κ1) is 17.8. The van der Waals surface area contributed by atoms with E-state index in [1.165, 1.54) is 0 Å². The van der Waals surface area contributed by atoms with E-state index in [0.29, 0.717) is 24.9 Å². The molecule has 138 valence electrons. The number of thioether (sulfide) groups is 1. The highest BCUT2D eigenvalue weighted by molar-refractivity contribution is 8.00. The van der Waals surface area contributed by atoms with Gasteiger partial charge >= 0.3 is 6.09 Å². The van der Waals surface area contributed by atoms with Gasteiger partial charge in [-0.2, -0.15) is 0 Å². The molecule has 4 rings (SSSR count). The van der Waals surface area contributed by atoms with Crippen molar-refractivity contribution in [1.82, 2.24) is 14.9 Å². The van der Waals surface area contributed by atoms with Crippen LogP contribution in [0.1, 0.15) is 18.4 Å². The number of amides is 1. The van der Waals surface area contributed by atoms with E-state index in [1.54, 1.807) is 23.0 Å². The van der Waals surface area contributed by atoms with Crippen LogP contribution in [0.5, 0.6) is 0 Å². The lowest BCUT2D eigenvalue weighted by Gasteiger charge is -2.30. The van der Waals surface area contributed by atoms with Crippen LogP contribution in [-0.4, -0.2) is 39.3 Å². The Kier molecular flexibility index (Phi) is 5.53. The molecule has 0 aliphatic carbocycles. The molecule has 1 amide bonds. The van der Waals surface area contributed by atoms with Crippen LogP contribution in [0.25, 0.3) is 10.9 Å². The average Bonchev–Trinajstić information content (AvgIpc) is 2.74. The second kappa shape index (κ2) is 8.39. The van der Waals surface area contributed by atoms with Crippen molar-refractivity contribution in [1.29, 1.82) is 0 Å². The zero-order valence-electron chi connectivity index (χ0n) is 15.0. The molecule has 27 heavy (non-hydrogen) atoms. The number of ether oxygens (including phenoxy) is 1. The molecule has 5 nitrogen and oxygen atoms in total. The Hall–Kier alpha value is -2.60. The van der Waals surface area contributed by atoms with Gasteiger partial charge in [-0.05, 0) is 24.5 Å². The summed E-state index contributed by atoms with van der Waals surface area (Å²) in [6, 6.07) is 17.8. The van der Waals surface area contributed by atoms with Crippen LogP contribution in [-0.2, 0) is 11.3 Å². The number of carbonyl (C=O) groups is 1. The number of carbonyl (C=O) groups excluding carboxylic acids is 1. The Morgan fingerprint density at radius 3 is 2.59 bits per heavy atom. The number of hydrogen-bond donors (Lipinski definition) is 0. The molecule has 0 atom stereocenters. The molecule has 1 aliphatic heterocycles. The molecular formula is C21H21N3O2S. The normalized spacial score (nSPS) is 15.0. The first-order valence-corrected chi connectivity index (χ1v) is 9.99. The fraction of sp³-hybridized carbons (Fsp3) is 0.286. The smallest absolute Gasteiger partial charge is 0.410 e. The number of para-hydroxylation sites is 1. The van der Waals surface area contributed by atoms with Crippen molar-refractivity contribution in [3.8, 4) is 0 Å². The van der Waals surface area contributed by atoms with Gasteiger partial charge in [0.1, 0.15) is 18.0 Å². The number of nitrogens with zero attached hydrogens (tertiary/aromatic N) is 3. The molecule has 6 heteroatoms. The van der Waals surface area contributed by atoms with Crippen molar-refractivity contribution in [3.63, 3.8) is 0 Å². The maximum Gasteiger partial charge on any atom is 0.410 e. The summed E-state index contributed by atoms with van der Waals surface area (Å²) in [6.45, 7) is 1.75. The Balaban J connectivity index is 1.30. The first-order chi connectivity index (χ1) is 13.3. The highest BCUT2D eigenvalue weighted by Crippen LogP contribution is 2.32. The summed E-state index contributed by atoms with van der Waals surface area (Å²) in [4.78, 5) is 22.9. The Bertz CT molecular complexity index is 906. The van der Waals surface area contributed by atoms with E-state index >= 15 is 0 Å². The van der Waals surface area contributed by atoms with Crippen molar-refractivity contribution in [2.45, 2.75) is 29.7 Å². The quantitative estimate of drug-likeness (QED) is 0.624. The predicted molar refractivity (Wildman–Crippen MR) is 107 cm³/mol. The minimum absolute atomic E-state index is 0.227. The Labute approximate surface area is 162 Å². The second-order valence-electron chi connectivity index (χ2n) is 6.54. The van der Waals surface area contributed by atoms with Gasteiger partial charge in [-0.3, -0.25) is 0 Å². The summed E-state index contributed by atoms with van der Waals surface area (Å²) < 4.78 is 5.44. The molecule has 0 unspecified atom stereocenters. The number of aromatic nitrogens is 2. The van der Waals surface area contributed by atoms with Crippen molar-refractivity contribution in [2.24, 2.45) is 0 Å². The molecule has 1 saturated heterocycles. The monoisotopic (exact) mass is 379 g/mol. The number of likely N-dealkylation sites (tertiary alicyclic amines) is 1. The second-order valence-corrected chi connectivity index (χ2v) is 7.83. The number of hydrogen-bond acceptors (Lipinski definition) is 5. The van der Waals surface area contributed by atoms with E-state index in [-0.39, 0.29) is 6.09 Å². The van der Waals surface area contributed by atoms with E-state index in [2.05, 4.69) is 16.0 Å². The third-order valence-electron chi connectivity index (χ3n) is 4.69. The molecular weight excluding hydrogens is 358 g/mol. The molecule has 0 spiro atoms. The van der Waals surface area contributed by atoms with Crippen LogP contribution in [0.4, 0.5) is 4.79 Å². The summed E-state index contributed by atoms with van der Waals surface area (Å²) in [5, 5.41) is 2.56. The lowest BCUT2D eigenvalue weighted by molar-refractivity contribution is 0.0901. The highest BCUT2D eigenvalue weighted by Gasteiger charge is 2.25. The van der Waals surface area contributed by atoms with Gasteiger partial charge in [0.25, 0.3) is 0 Å². The zero-order chi connectivity index (χ0) is 18.5. The van der Waals surface area contributed by atoms with E-state index in [1.807, 2.05) is 48.5 Å². The molecule has 0 bridgehead atoms. The fourth-order valence-electron chi connectivity index (χ4n) is 3.20. The topological polar surface area (TPSA) is 55.3 Å². The number of fused-ring (bicyclic) bond motifs is 1.